The van der Waals surface area contributed by atoms with E-state index in [0.29, 0.717) is 26.2 Å². The van der Waals surface area contributed by atoms with Crippen molar-refractivity contribution < 1.29 is 9.59 Å². The number of anilines is 1. The van der Waals surface area contributed by atoms with Gasteiger partial charge in [0.2, 0.25) is 0 Å². The SMILES string of the molecule is O=C(N/N=C\C=C\c1ccccc1)c1ccc(NC(=O)c2sc3cc(Cl)ccc3c2Cl)cc1. The average molecular weight is 494 g/mol. The molecule has 164 valence electrons. The van der Waals surface area contributed by atoms with Crippen LogP contribution >= 0.6 is 34.5 Å². The zero-order valence-electron chi connectivity index (χ0n) is 17.1. The van der Waals surface area contributed by atoms with Crippen LogP contribution in [0.4, 0.5) is 5.69 Å². The Morgan fingerprint density at radius 1 is 0.909 bits per heavy atom. The molecule has 4 rings (SSSR count). The van der Waals surface area contributed by atoms with Crippen molar-refractivity contribution in [1.82, 2.24) is 5.43 Å². The van der Waals surface area contributed by atoms with Crippen molar-refractivity contribution in [2.45, 2.75) is 0 Å². The molecular weight excluding hydrogens is 477 g/mol. The number of nitrogens with zero attached hydrogens (tertiary/aromatic N) is 1. The molecule has 0 aliphatic carbocycles. The van der Waals surface area contributed by atoms with E-state index in [4.69, 9.17) is 23.2 Å². The topological polar surface area (TPSA) is 70.6 Å². The molecule has 3 aromatic carbocycles. The summed E-state index contributed by atoms with van der Waals surface area (Å²) in [5, 5.41) is 8.46. The molecule has 1 heterocycles. The molecule has 1 aromatic heterocycles. The number of halogens is 2. The number of benzene rings is 3. The zero-order valence-corrected chi connectivity index (χ0v) is 19.4. The van der Waals surface area contributed by atoms with Crippen LogP contribution in [-0.2, 0) is 0 Å². The fourth-order valence-electron chi connectivity index (χ4n) is 3.00. The number of hydrogen-bond acceptors (Lipinski definition) is 4. The molecule has 0 atom stereocenters. The Bertz CT molecular complexity index is 1360. The summed E-state index contributed by atoms with van der Waals surface area (Å²) in [6.07, 6.45) is 5.12. The summed E-state index contributed by atoms with van der Waals surface area (Å²) in [6, 6.07) is 21.6. The van der Waals surface area contributed by atoms with Crippen molar-refractivity contribution in [2.75, 3.05) is 5.32 Å². The van der Waals surface area contributed by atoms with Crippen LogP contribution in [0.2, 0.25) is 10.0 Å². The minimum Gasteiger partial charge on any atom is -0.321 e. The minimum atomic E-state index is -0.360. The highest BCUT2D eigenvalue weighted by molar-refractivity contribution is 7.21. The van der Waals surface area contributed by atoms with Crippen molar-refractivity contribution in [2.24, 2.45) is 5.10 Å². The molecule has 5 nitrogen and oxygen atoms in total. The first-order valence-electron chi connectivity index (χ1n) is 9.85. The molecule has 0 radical (unpaired) electrons. The van der Waals surface area contributed by atoms with E-state index in [1.807, 2.05) is 36.4 Å². The van der Waals surface area contributed by atoms with Gasteiger partial charge in [0.15, 0.2) is 0 Å². The van der Waals surface area contributed by atoms with Crippen LogP contribution in [0.15, 0.2) is 84.0 Å². The van der Waals surface area contributed by atoms with E-state index in [2.05, 4.69) is 15.8 Å². The van der Waals surface area contributed by atoms with Gasteiger partial charge in [-0.15, -0.1) is 11.3 Å². The summed E-state index contributed by atoms with van der Waals surface area (Å²) in [5.41, 5.74) is 4.45. The molecule has 0 saturated heterocycles. The lowest BCUT2D eigenvalue weighted by Gasteiger charge is -2.05. The third kappa shape index (κ3) is 5.68. The van der Waals surface area contributed by atoms with Gasteiger partial charge in [-0.25, -0.2) is 5.43 Å². The molecule has 0 spiro atoms. The van der Waals surface area contributed by atoms with E-state index >= 15 is 0 Å². The molecule has 2 amide bonds. The Labute approximate surface area is 204 Å². The number of hydrogen-bond donors (Lipinski definition) is 2. The summed E-state index contributed by atoms with van der Waals surface area (Å²) in [6.45, 7) is 0. The number of nitrogens with one attached hydrogen (secondary N) is 2. The van der Waals surface area contributed by atoms with Gasteiger partial charge in [0.1, 0.15) is 4.88 Å². The van der Waals surface area contributed by atoms with Crippen LogP contribution < -0.4 is 10.7 Å². The Hall–Kier alpha value is -3.45. The molecule has 2 N–H and O–H groups in total. The number of fused-ring (bicyclic) bond motifs is 1. The Morgan fingerprint density at radius 3 is 2.42 bits per heavy atom. The van der Waals surface area contributed by atoms with E-state index in [1.165, 1.54) is 17.6 Å². The zero-order chi connectivity index (χ0) is 23.2. The van der Waals surface area contributed by atoms with Gasteiger partial charge in [-0.3, -0.25) is 9.59 Å². The lowest BCUT2D eigenvalue weighted by Crippen LogP contribution is -2.17. The maximum atomic E-state index is 12.7. The van der Waals surface area contributed by atoms with E-state index < -0.39 is 0 Å². The lowest BCUT2D eigenvalue weighted by molar-refractivity contribution is 0.0954. The summed E-state index contributed by atoms with van der Waals surface area (Å²) >= 11 is 13.7. The van der Waals surface area contributed by atoms with Crippen LogP contribution in [0, 0.1) is 0 Å². The van der Waals surface area contributed by atoms with Gasteiger partial charge < -0.3 is 5.32 Å². The van der Waals surface area contributed by atoms with Gasteiger partial charge in [-0.2, -0.15) is 5.10 Å². The summed E-state index contributed by atoms with van der Waals surface area (Å²) in [7, 11) is 0. The molecule has 0 bridgehead atoms. The van der Waals surface area contributed by atoms with Crippen molar-refractivity contribution in [3.63, 3.8) is 0 Å². The molecule has 0 fully saturated rings. The highest BCUT2D eigenvalue weighted by atomic mass is 35.5. The highest BCUT2D eigenvalue weighted by Crippen LogP contribution is 2.37. The summed E-state index contributed by atoms with van der Waals surface area (Å²) in [4.78, 5) is 25.3. The molecular formula is C25H17Cl2N3O2S. The van der Waals surface area contributed by atoms with E-state index in [1.54, 1.807) is 48.5 Å². The van der Waals surface area contributed by atoms with Crippen molar-refractivity contribution in [1.29, 1.82) is 0 Å². The third-order valence-corrected chi connectivity index (χ3v) is 6.51. The molecule has 0 saturated carbocycles. The van der Waals surface area contributed by atoms with Gasteiger partial charge in [-0.1, -0.05) is 65.7 Å². The molecule has 0 unspecified atom stereocenters. The van der Waals surface area contributed by atoms with Gasteiger partial charge in [-0.05, 0) is 48.0 Å². The Kier molecular flexibility index (Phi) is 7.19. The number of allylic oxidation sites excluding steroid dienone is 1. The Balaban J connectivity index is 1.35. The van der Waals surface area contributed by atoms with Crippen molar-refractivity contribution in [3.8, 4) is 0 Å². The first kappa shape index (κ1) is 22.7. The predicted molar refractivity (Wildman–Crippen MR) is 138 cm³/mol. The normalized spacial score (nSPS) is 11.3. The highest BCUT2D eigenvalue weighted by Gasteiger charge is 2.17. The molecule has 0 aliphatic heterocycles. The second kappa shape index (κ2) is 10.4. The first-order chi connectivity index (χ1) is 16.0. The smallest absolute Gasteiger partial charge is 0.271 e. The van der Waals surface area contributed by atoms with Crippen LogP contribution in [0.5, 0.6) is 0 Å². The number of hydrazone groups is 1. The molecule has 8 heteroatoms. The summed E-state index contributed by atoms with van der Waals surface area (Å²) in [5.74, 6) is -0.689. The van der Waals surface area contributed by atoms with E-state index in [0.717, 1.165) is 15.6 Å². The van der Waals surface area contributed by atoms with Gasteiger partial charge in [0.05, 0.1) is 5.02 Å². The Morgan fingerprint density at radius 2 is 1.67 bits per heavy atom. The van der Waals surface area contributed by atoms with Gasteiger partial charge >= 0.3 is 0 Å². The minimum absolute atomic E-state index is 0.329. The number of amides is 2. The number of thiophene rings is 1. The fraction of sp³-hybridized carbons (Fsp3) is 0. The van der Waals surface area contributed by atoms with Crippen LogP contribution in [0.3, 0.4) is 0 Å². The van der Waals surface area contributed by atoms with Crippen LogP contribution in [0.1, 0.15) is 25.6 Å². The molecule has 33 heavy (non-hydrogen) atoms. The number of carbonyl (C=O) groups excluding carboxylic acids is 2. The maximum Gasteiger partial charge on any atom is 0.271 e. The second-order valence-corrected chi connectivity index (χ2v) is 8.77. The van der Waals surface area contributed by atoms with Crippen molar-refractivity contribution in [3.05, 3.63) is 105 Å². The maximum absolute atomic E-state index is 12.7. The van der Waals surface area contributed by atoms with E-state index in [9.17, 15) is 9.59 Å². The predicted octanol–water partition coefficient (Wildman–Crippen LogP) is 6.89. The standard InChI is InChI=1S/C25H17Cl2N3O2S/c26-18-10-13-20-21(15-18)33-23(22(20)27)25(32)29-19-11-8-17(9-12-19)24(31)30-28-14-4-7-16-5-2-1-3-6-16/h1-15H,(H,29,32)(H,30,31)/b7-4+,28-14-. The molecule has 0 aliphatic rings. The van der Waals surface area contributed by atoms with Crippen LogP contribution in [0.25, 0.3) is 16.2 Å². The van der Waals surface area contributed by atoms with Crippen LogP contribution in [-0.4, -0.2) is 18.0 Å². The molecule has 4 aromatic rings. The van der Waals surface area contributed by atoms with E-state index in [-0.39, 0.29) is 11.8 Å². The first-order valence-corrected chi connectivity index (χ1v) is 11.4. The largest absolute Gasteiger partial charge is 0.321 e. The number of rotatable bonds is 6. The van der Waals surface area contributed by atoms with Gasteiger partial charge in [0.25, 0.3) is 11.8 Å². The second-order valence-electron chi connectivity index (χ2n) is 6.91. The summed E-state index contributed by atoms with van der Waals surface area (Å²) < 4.78 is 0.837. The fourth-order valence-corrected chi connectivity index (χ4v) is 4.69. The number of carbonyl (C=O) groups is 2. The third-order valence-electron chi connectivity index (χ3n) is 4.62. The lowest BCUT2D eigenvalue weighted by atomic mass is 10.2. The van der Waals surface area contributed by atoms with Gasteiger partial charge in [0, 0.05) is 32.6 Å². The average Bonchev–Trinajstić information content (AvgIpc) is 3.15. The monoisotopic (exact) mass is 493 g/mol. The quantitative estimate of drug-likeness (QED) is 0.226. The van der Waals surface area contributed by atoms with Crippen molar-refractivity contribution >= 4 is 74.4 Å².